The Kier molecular flexibility index (Phi) is 6.45. The summed E-state index contributed by atoms with van der Waals surface area (Å²) < 4.78 is 0. The Balaban J connectivity index is 2.38. The lowest BCUT2D eigenvalue weighted by molar-refractivity contribution is 0.126. The Morgan fingerprint density at radius 1 is 1.35 bits per heavy atom. The van der Waals surface area contributed by atoms with Crippen LogP contribution in [0.3, 0.4) is 0 Å². The van der Waals surface area contributed by atoms with Crippen LogP contribution in [0.4, 0.5) is 0 Å². The summed E-state index contributed by atoms with van der Waals surface area (Å²) in [5, 5.41) is 0. The summed E-state index contributed by atoms with van der Waals surface area (Å²) >= 11 is 0. The van der Waals surface area contributed by atoms with Crippen molar-refractivity contribution in [2.45, 2.75) is 39.2 Å². The third kappa shape index (κ3) is 4.57. The fourth-order valence-electron chi connectivity index (χ4n) is 2.91. The van der Waals surface area contributed by atoms with Crippen molar-refractivity contribution < 1.29 is 0 Å². The van der Waals surface area contributed by atoms with Crippen molar-refractivity contribution >= 4 is 0 Å². The molecule has 2 unspecified atom stereocenters. The third-order valence-corrected chi connectivity index (χ3v) is 4.49. The molecule has 0 aromatic rings. The van der Waals surface area contributed by atoms with Crippen molar-refractivity contribution in [3.8, 4) is 0 Å². The minimum atomic E-state index is 0.555. The van der Waals surface area contributed by atoms with Crippen molar-refractivity contribution in [1.29, 1.82) is 0 Å². The number of likely N-dealkylation sites (N-methyl/N-ethyl adjacent to an activating group) is 1. The molecule has 1 rings (SSSR count). The Hall–Kier alpha value is -0.120. The molecule has 1 aliphatic rings. The fraction of sp³-hybridized carbons (Fsp3) is 1.00. The fourth-order valence-corrected chi connectivity index (χ4v) is 2.91. The SMILES string of the molecule is CCC(C)C(CN)N(C)CC1CCN(C)CC1. The van der Waals surface area contributed by atoms with E-state index >= 15 is 0 Å². The number of piperidine rings is 1. The molecule has 0 spiro atoms. The summed E-state index contributed by atoms with van der Waals surface area (Å²) in [6.07, 6.45) is 3.91. The Labute approximate surface area is 107 Å². The van der Waals surface area contributed by atoms with Gasteiger partial charge in [0.25, 0.3) is 0 Å². The molecule has 0 radical (unpaired) electrons. The van der Waals surface area contributed by atoms with Gasteiger partial charge >= 0.3 is 0 Å². The van der Waals surface area contributed by atoms with Gasteiger partial charge in [-0.2, -0.15) is 0 Å². The van der Waals surface area contributed by atoms with Crippen LogP contribution < -0.4 is 5.73 Å². The molecule has 0 aliphatic carbocycles. The minimum absolute atomic E-state index is 0.555. The molecule has 17 heavy (non-hydrogen) atoms. The highest BCUT2D eigenvalue weighted by molar-refractivity contribution is 4.79. The van der Waals surface area contributed by atoms with Gasteiger partial charge in [-0.15, -0.1) is 0 Å². The maximum atomic E-state index is 5.93. The van der Waals surface area contributed by atoms with Crippen molar-refractivity contribution in [2.24, 2.45) is 17.6 Å². The van der Waals surface area contributed by atoms with E-state index in [4.69, 9.17) is 5.73 Å². The maximum absolute atomic E-state index is 5.93. The molecule has 1 saturated heterocycles. The molecule has 102 valence electrons. The molecule has 0 amide bonds. The van der Waals surface area contributed by atoms with E-state index in [0.717, 1.165) is 12.5 Å². The second kappa shape index (κ2) is 7.34. The summed E-state index contributed by atoms with van der Waals surface area (Å²) in [5.41, 5.74) is 5.93. The molecule has 1 aliphatic heterocycles. The monoisotopic (exact) mass is 241 g/mol. The van der Waals surface area contributed by atoms with Gasteiger partial charge in [-0.25, -0.2) is 0 Å². The lowest BCUT2D eigenvalue weighted by atomic mass is 9.93. The quantitative estimate of drug-likeness (QED) is 0.767. The van der Waals surface area contributed by atoms with E-state index in [-0.39, 0.29) is 0 Å². The molecule has 1 heterocycles. The van der Waals surface area contributed by atoms with Crippen LogP contribution in [0.25, 0.3) is 0 Å². The van der Waals surface area contributed by atoms with Gasteiger partial charge in [0.2, 0.25) is 0 Å². The van der Waals surface area contributed by atoms with Gasteiger partial charge < -0.3 is 15.5 Å². The molecule has 2 atom stereocenters. The summed E-state index contributed by atoms with van der Waals surface area (Å²) in [7, 11) is 4.48. The first kappa shape index (κ1) is 14.9. The van der Waals surface area contributed by atoms with Crippen molar-refractivity contribution in [3.05, 3.63) is 0 Å². The van der Waals surface area contributed by atoms with Gasteiger partial charge in [-0.3, -0.25) is 0 Å². The Morgan fingerprint density at radius 2 is 1.94 bits per heavy atom. The van der Waals surface area contributed by atoms with E-state index in [9.17, 15) is 0 Å². The van der Waals surface area contributed by atoms with Crippen molar-refractivity contribution in [3.63, 3.8) is 0 Å². The number of likely N-dealkylation sites (tertiary alicyclic amines) is 1. The van der Waals surface area contributed by atoms with Crippen molar-refractivity contribution in [2.75, 3.05) is 40.3 Å². The van der Waals surface area contributed by atoms with E-state index in [1.54, 1.807) is 0 Å². The minimum Gasteiger partial charge on any atom is -0.329 e. The predicted molar refractivity (Wildman–Crippen MR) is 75.1 cm³/mol. The van der Waals surface area contributed by atoms with Gasteiger partial charge in [-0.1, -0.05) is 20.3 Å². The second-order valence-electron chi connectivity index (χ2n) is 5.87. The van der Waals surface area contributed by atoms with E-state index in [1.807, 2.05) is 0 Å². The van der Waals surface area contributed by atoms with Gasteiger partial charge in [0.05, 0.1) is 0 Å². The van der Waals surface area contributed by atoms with Crippen LogP contribution in [-0.4, -0.2) is 56.1 Å². The number of nitrogens with two attached hydrogens (primary N) is 1. The van der Waals surface area contributed by atoms with E-state index in [2.05, 4.69) is 37.7 Å². The van der Waals surface area contributed by atoms with Crippen LogP contribution in [0.1, 0.15) is 33.1 Å². The van der Waals surface area contributed by atoms with E-state index < -0.39 is 0 Å². The molecule has 3 nitrogen and oxygen atoms in total. The third-order valence-electron chi connectivity index (χ3n) is 4.49. The molecular weight excluding hydrogens is 210 g/mol. The van der Waals surface area contributed by atoms with Crippen LogP contribution >= 0.6 is 0 Å². The summed E-state index contributed by atoms with van der Waals surface area (Å²) in [4.78, 5) is 4.94. The lowest BCUT2D eigenvalue weighted by Crippen LogP contribution is -2.46. The van der Waals surface area contributed by atoms with Crippen LogP contribution in [0.2, 0.25) is 0 Å². The molecule has 3 heteroatoms. The topological polar surface area (TPSA) is 32.5 Å². The summed E-state index contributed by atoms with van der Waals surface area (Å²) in [5.74, 6) is 1.57. The molecule has 0 aromatic carbocycles. The van der Waals surface area contributed by atoms with Crippen LogP contribution in [0.15, 0.2) is 0 Å². The Bertz CT molecular complexity index is 200. The highest BCUT2D eigenvalue weighted by Gasteiger charge is 2.23. The molecule has 0 bridgehead atoms. The normalized spacial score (nSPS) is 22.9. The number of hydrogen-bond acceptors (Lipinski definition) is 3. The smallest absolute Gasteiger partial charge is 0.0240 e. The van der Waals surface area contributed by atoms with Crippen LogP contribution in [0.5, 0.6) is 0 Å². The Morgan fingerprint density at radius 3 is 2.41 bits per heavy atom. The molecule has 0 aromatic heterocycles. The number of rotatable bonds is 6. The zero-order valence-corrected chi connectivity index (χ0v) is 12.2. The zero-order chi connectivity index (χ0) is 12.8. The van der Waals surface area contributed by atoms with E-state index in [1.165, 1.54) is 38.9 Å². The molecular formula is C14H31N3. The predicted octanol–water partition coefficient (Wildman–Crippen LogP) is 1.63. The summed E-state index contributed by atoms with van der Waals surface area (Å²) in [6.45, 7) is 9.11. The largest absolute Gasteiger partial charge is 0.329 e. The maximum Gasteiger partial charge on any atom is 0.0240 e. The standard InChI is InChI=1S/C14H31N3/c1-5-12(2)14(10-15)17(4)11-13-6-8-16(3)9-7-13/h12-14H,5-11,15H2,1-4H3. The number of hydrogen-bond donors (Lipinski definition) is 1. The zero-order valence-electron chi connectivity index (χ0n) is 12.2. The first-order valence-electron chi connectivity index (χ1n) is 7.17. The highest BCUT2D eigenvalue weighted by atomic mass is 15.2. The van der Waals surface area contributed by atoms with Crippen LogP contribution in [-0.2, 0) is 0 Å². The van der Waals surface area contributed by atoms with E-state index in [0.29, 0.717) is 12.0 Å². The van der Waals surface area contributed by atoms with Crippen molar-refractivity contribution in [1.82, 2.24) is 9.80 Å². The van der Waals surface area contributed by atoms with Crippen LogP contribution in [0, 0.1) is 11.8 Å². The average molecular weight is 241 g/mol. The molecule has 2 N–H and O–H groups in total. The average Bonchev–Trinajstić information content (AvgIpc) is 2.32. The molecule has 0 saturated carbocycles. The lowest BCUT2D eigenvalue weighted by Gasteiger charge is -2.36. The summed E-state index contributed by atoms with van der Waals surface area (Å²) in [6, 6.07) is 0.555. The van der Waals surface area contributed by atoms with Gasteiger partial charge in [-0.05, 0) is 51.9 Å². The number of nitrogens with zero attached hydrogens (tertiary/aromatic N) is 2. The van der Waals surface area contributed by atoms with Gasteiger partial charge in [0.1, 0.15) is 0 Å². The highest BCUT2D eigenvalue weighted by Crippen LogP contribution is 2.20. The second-order valence-corrected chi connectivity index (χ2v) is 5.87. The first-order chi connectivity index (χ1) is 8.08. The van der Waals surface area contributed by atoms with Gasteiger partial charge in [0.15, 0.2) is 0 Å². The van der Waals surface area contributed by atoms with Gasteiger partial charge in [0, 0.05) is 19.1 Å². The first-order valence-corrected chi connectivity index (χ1v) is 7.17. The molecule has 1 fully saturated rings.